The summed E-state index contributed by atoms with van der Waals surface area (Å²) in [6.07, 6.45) is -0.226. The molecule has 4 nitrogen and oxygen atoms in total. The van der Waals surface area contributed by atoms with E-state index in [-0.39, 0.29) is 6.10 Å². The van der Waals surface area contributed by atoms with Gasteiger partial charge in [-0.3, -0.25) is 0 Å². The predicted molar refractivity (Wildman–Crippen MR) is 92.5 cm³/mol. The third-order valence-corrected chi connectivity index (χ3v) is 4.41. The summed E-state index contributed by atoms with van der Waals surface area (Å²) in [5.41, 5.74) is 3.50. The van der Waals surface area contributed by atoms with E-state index >= 15 is 0 Å². The Hall–Kier alpha value is -1.88. The van der Waals surface area contributed by atoms with Gasteiger partial charge in [-0.25, -0.2) is 0 Å². The number of rotatable bonds is 6. The van der Waals surface area contributed by atoms with Crippen LogP contribution in [-0.4, -0.2) is 38.0 Å². The minimum absolute atomic E-state index is 0.226. The molecule has 3 N–H and O–H groups in total. The third-order valence-electron chi connectivity index (χ3n) is 4.41. The first-order valence-electron chi connectivity index (χ1n) is 8.10. The molecule has 1 aliphatic heterocycles. The molecule has 0 amide bonds. The number of ether oxygens (including phenoxy) is 1. The maximum atomic E-state index is 9.78. The van der Waals surface area contributed by atoms with Crippen molar-refractivity contribution in [2.75, 3.05) is 26.7 Å². The van der Waals surface area contributed by atoms with Gasteiger partial charge in [-0.05, 0) is 17.2 Å². The van der Waals surface area contributed by atoms with Gasteiger partial charge in [0.15, 0.2) is 0 Å². The molecule has 1 heterocycles. The molecule has 3 rings (SSSR count). The third kappa shape index (κ3) is 3.91. The fourth-order valence-electron chi connectivity index (χ4n) is 3.01. The molecule has 2 aromatic rings. The summed E-state index contributed by atoms with van der Waals surface area (Å²) in [6.45, 7) is 3.25. The Bertz CT molecular complexity index is 628. The molecule has 0 spiro atoms. The van der Waals surface area contributed by atoms with E-state index in [0.29, 0.717) is 12.5 Å². The maximum Gasteiger partial charge on any atom is 0.126 e. The molecule has 0 bridgehead atoms. The normalized spacial score (nSPS) is 20.6. The SMILES string of the molecule is COc1ccccc1-c1ccc(CNCC2CNCC2O)cc1. The first-order chi connectivity index (χ1) is 11.3. The van der Waals surface area contributed by atoms with Crippen LogP contribution in [-0.2, 0) is 6.54 Å². The molecule has 2 aromatic carbocycles. The number of β-amino-alcohol motifs (C(OH)–C–C–N with tert-alkyl or cyclic N) is 1. The molecule has 0 radical (unpaired) electrons. The van der Waals surface area contributed by atoms with Gasteiger partial charge in [0.1, 0.15) is 5.75 Å². The van der Waals surface area contributed by atoms with Gasteiger partial charge in [0.2, 0.25) is 0 Å². The predicted octanol–water partition coefficient (Wildman–Crippen LogP) is 2.03. The van der Waals surface area contributed by atoms with Crippen LogP contribution >= 0.6 is 0 Å². The molecule has 0 saturated carbocycles. The van der Waals surface area contributed by atoms with Crippen molar-refractivity contribution >= 4 is 0 Å². The van der Waals surface area contributed by atoms with E-state index < -0.39 is 0 Å². The Labute approximate surface area is 137 Å². The zero-order valence-electron chi connectivity index (χ0n) is 13.5. The second kappa shape index (κ2) is 7.59. The molecule has 122 valence electrons. The highest BCUT2D eigenvalue weighted by Gasteiger charge is 2.23. The summed E-state index contributed by atoms with van der Waals surface area (Å²) in [5, 5.41) is 16.4. The Kier molecular flexibility index (Phi) is 5.28. The molecule has 0 aliphatic carbocycles. The molecule has 23 heavy (non-hydrogen) atoms. The second-order valence-corrected chi connectivity index (χ2v) is 6.01. The van der Waals surface area contributed by atoms with Gasteiger partial charge >= 0.3 is 0 Å². The van der Waals surface area contributed by atoms with Gasteiger partial charge < -0.3 is 20.5 Å². The Morgan fingerprint density at radius 1 is 1.13 bits per heavy atom. The number of nitrogens with one attached hydrogen (secondary N) is 2. The van der Waals surface area contributed by atoms with E-state index in [2.05, 4.69) is 41.0 Å². The fraction of sp³-hybridized carbons (Fsp3) is 0.368. The first-order valence-corrected chi connectivity index (χ1v) is 8.10. The van der Waals surface area contributed by atoms with Crippen molar-refractivity contribution in [1.82, 2.24) is 10.6 Å². The molecule has 1 aliphatic rings. The van der Waals surface area contributed by atoms with Crippen molar-refractivity contribution in [3.8, 4) is 16.9 Å². The van der Waals surface area contributed by atoms with E-state index in [9.17, 15) is 5.11 Å². The Morgan fingerprint density at radius 3 is 2.61 bits per heavy atom. The average Bonchev–Trinajstić information content (AvgIpc) is 3.01. The van der Waals surface area contributed by atoms with E-state index in [1.807, 2.05) is 18.2 Å². The van der Waals surface area contributed by atoms with Crippen LogP contribution in [0, 0.1) is 5.92 Å². The largest absolute Gasteiger partial charge is 0.496 e. The fourth-order valence-corrected chi connectivity index (χ4v) is 3.01. The number of hydrogen-bond donors (Lipinski definition) is 3. The standard InChI is InChI=1S/C19H24N2O2/c1-23-19-5-3-2-4-17(19)15-8-6-14(7-9-15)10-20-11-16-12-21-13-18(16)22/h2-9,16,18,20-22H,10-13H2,1H3. The van der Waals surface area contributed by atoms with Gasteiger partial charge in [-0.2, -0.15) is 0 Å². The van der Waals surface area contributed by atoms with Gasteiger partial charge in [-0.1, -0.05) is 42.5 Å². The Balaban J connectivity index is 1.59. The van der Waals surface area contributed by atoms with Gasteiger partial charge in [0.25, 0.3) is 0 Å². The smallest absolute Gasteiger partial charge is 0.126 e. The van der Waals surface area contributed by atoms with Crippen molar-refractivity contribution < 1.29 is 9.84 Å². The van der Waals surface area contributed by atoms with Crippen LogP contribution in [0.15, 0.2) is 48.5 Å². The molecule has 1 fully saturated rings. The van der Waals surface area contributed by atoms with Gasteiger partial charge in [0.05, 0.1) is 13.2 Å². The topological polar surface area (TPSA) is 53.5 Å². The lowest BCUT2D eigenvalue weighted by Crippen LogP contribution is -2.30. The van der Waals surface area contributed by atoms with Crippen molar-refractivity contribution in [2.24, 2.45) is 5.92 Å². The molecular formula is C19H24N2O2. The van der Waals surface area contributed by atoms with Crippen LogP contribution < -0.4 is 15.4 Å². The highest BCUT2D eigenvalue weighted by atomic mass is 16.5. The number of aliphatic hydroxyl groups is 1. The quantitative estimate of drug-likeness (QED) is 0.764. The first kappa shape index (κ1) is 16.0. The van der Waals surface area contributed by atoms with Crippen molar-refractivity contribution in [3.05, 3.63) is 54.1 Å². The minimum Gasteiger partial charge on any atom is -0.496 e. The molecule has 4 heteroatoms. The second-order valence-electron chi connectivity index (χ2n) is 6.01. The van der Waals surface area contributed by atoms with Gasteiger partial charge in [-0.15, -0.1) is 0 Å². The van der Waals surface area contributed by atoms with Crippen LogP contribution in [0.25, 0.3) is 11.1 Å². The molecule has 2 unspecified atom stereocenters. The maximum absolute atomic E-state index is 9.78. The lowest BCUT2D eigenvalue weighted by Gasteiger charge is -2.14. The monoisotopic (exact) mass is 312 g/mol. The molecule has 2 atom stereocenters. The van der Waals surface area contributed by atoms with Crippen molar-refractivity contribution in [2.45, 2.75) is 12.6 Å². The number of methoxy groups -OCH3 is 1. The molecular weight excluding hydrogens is 288 g/mol. The van der Waals surface area contributed by atoms with Crippen molar-refractivity contribution in [1.29, 1.82) is 0 Å². The van der Waals surface area contributed by atoms with E-state index in [0.717, 1.165) is 36.5 Å². The number of aliphatic hydroxyl groups excluding tert-OH is 1. The lowest BCUT2D eigenvalue weighted by molar-refractivity contribution is 0.146. The number of hydrogen-bond acceptors (Lipinski definition) is 4. The van der Waals surface area contributed by atoms with Crippen molar-refractivity contribution in [3.63, 3.8) is 0 Å². The van der Waals surface area contributed by atoms with Crippen LogP contribution in [0.3, 0.4) is 0 Å². The number of benzene rings is 2. The van der Waals surface area contributed by atoms with Crippen LogP contribution in [0.5, 0.6) is 5.75 Å². The Morgan fingerprint density at radius 2 is 1.91 bits per heavy atom. The summed E-state index contributed by atoms with van der Waals surface area (Å²) in [4.78, 5) is 0. The molecule has 0 aromatic heterocycles. The number of para-hydroxylation sites is 1. The summed E-state index contributed by atoms with van der Waals surface area (Å²) in [7, 11) is 1.70. The minimum atomic E-state index is -0.226. The van der Waals surface area contributed by atoms with Crippen LogP contribution in [0.1, 0.15) is 5.56 Å². The van der Waals surface area contributed by atoms with Crippen LogP contribution in [0.2, 0.25) is 0 Å². The zero-order chi connectivity index (χ0) is 16.1. The van der Waals surface area contributed by atoms with E-state index in [4.69, 9.17) is 4.74 Å². The van der Waals surface area contributed by atoms with E-state index in [1.54, 1.807) is 7.11 Å². The van der Waals surface area contributed by atoms with Gasteiger partial charge in [0, 0.05) is 37.7 Å². The lowest BCUT2D eigenvalue weighted by atomic mass is 10.0. The van der Waals surface area contributed by atoms with Crippen LogP contribution in [0.4, 0.5) is 0 Å². The summed E-state index contributed by atoms with van der Waals surface area (Å²) in [6, 6.07) is 16.6. The van der Waals surface area contributed by atoms with E-state index in [1.165, 1.54) is 5.56 Å². The highest BCUT2D eigenvalue weighted by molar-refractivity contribution is 5.70. The average molecular weight is 312 g/mol. The summed E-state index contributed by atoms with van der Waals surface area (Å²) < 4.78 is 5.42. The zero-order valence-corrected chi connectivity index (χ0v) is 13.5. The summed E-state index contributed by atoms with van der Waals surface area (Å²) >= 11 is 0. The highest BCUT2D eigenvalue weighted by Crippen LogP contribution is 2.29. The summed E-state index contributed by atoms with van der Waals surface area (Å²) in [5.74, 6) is 1.20. The molecule has 1 saturated heterocycles.